The number of para-hydroxylation sites is 1. The smallest absolute Gasteiger partial charge is 0.152 e. The van der Waals surface area contributed by atoms with E-state index in [9.17, 15) is 4.79 Å². The van der Waals surface area contributed by atoms with E-state index in [1.807, 2.05) is 18.2 Å². The van der Waals surface area contributed by atoms with Crippen molar-refractivity contribution < 1.29 is 4.79 Å². The number of thioether (sulfide) groups is 1. The summed E-state index contributed by atoms with van der Waals surface area (Å²) in [5.74, 6) is 0.396. The van der Waals surface area contributed by atoms with Crippen LogP contribution >= 0.6 is 23.1 Å². The summed E-state index contributed by atoms with van der Waals surface area (Å²) in [6.07, 6.45) is 8.89. The van der Waals surface area contributed by atoms with Gasteiger partial charge in [-0.1, -0.05) is 43.0 Å². The van der Waals surface area contributed by atoms with Crippen molar-refractivity contribution >= 4 is 39.1 Å². The number of thiazole rings is 1. The molecule has 21 heavy (non-hydrogen) atoms. The molecule has 4 heteroatoms. The fourth-order valence-electron chi connectivity index (χ4n) is 2.77. The molecule has 0 N–H and O–H groups in total. The lowest BCUT2D eigenvalue weighted by Crippen LogP contribution is -2.28. The van der Waals surface area contributed by atoms with Gasteiger partial charge in [-0.2, -0.15) is 0 Å². The minimum absolute atomic E-state index is 0.278. The highest BCUT2D eigenvalue weighted by Crippen LogP contribution is 2.47. The Bertz CT molecular complexity index is 643. The van der Waals surface area contributed by atoms with Crippen LogP contribution in [0.4, 0.5) is 0 Å². The number of carbonyl (C=O) groups is 1. The zero-order valence-corrected chi connectivity index (χ0v) is 13.8. The van der Waals surface area contributed by atoms with E-state index >= 15 is 0 Å². The van der Waals surface area contributed by atoms with Crippen LogP contribution in [0, 0.1) is 0 Å². The van der Waals surface area contributed by atoms with Crippen molar-refractivity contribution in [3.8, 4) is 0 Å². The quantitative estimate of drug-likeness (QED) is 0.707. The third-order valence-electron chi connectivity index (χ3n) is 3.90. The van der Waals surface area contributed by atoms with E-state index in [1.54, 1.807) is 23.1 Å². The summed E-state index contributed by atoms with van der Waals surface area (Å²) in [6, 6.07) is 8.18. The lowest BCUT2D eigenvalue weighted by atomic mass is 10.0. The molecular weight excluding hydrogens is 298 g/mol. The van der Waals surface area contributed by atoms with E-state index in [-0.39, 0.29) is 4.75 Å². The molecule has 0 saturated heterocycles. The number of hydrogen-bond donors (Lipinski definition) is 0. The zero-order valence-electron chi connectivity index (χ0n) is 12.2. The molecule has 1 aromatic heterocycles. The first-order chi connectivity index (χ1) is 10.2. The fourth-order valence-corrected chi connectivity index (χ4v) is 5.50. The van der Waals surface area contributed by atoms with E-state index in [0.717, 1.165) is 42.0 Å². The number of nitrogens with zero attached hydrogens (tertiary/aromatic N) is 1. The number of benzene rings is 1. The molecule has 2 nitrogen and oxygen atoms in total. The van der Waals surface area contributed by atoms with Gasteiger partial charge in [-0.3, -0.25) is 4.79 Å². The molecule has 0 amide bonds. The SMILES string of the molecule is CC/C=C\CC1(Sc2nc3ccccc3s2)CCCC1=O. The van der Waals surface area contributed by atoms with E-state index in [1.165, 1.54) is 4.70 Å². The Kier molecular flexibility index (Phi) is 4.45. The van der Waals surface area contributed by atoms with Gasteiger partial charge in [0.25, 0.3) is 0 Å². The largest absolute Gasteiger partial charge is 0.298 e. The van der Waals surface area contributed by atoms with Crippen LogP contribution in [0.2, 0.25) is 0 Å². The summed E-state index contributed by atoms with van der Waals surface area (Å²) >= 11 is 3.39. The Balaban J connectivity index is 1.87. The van der Waals surface area contributed by atoms with Gasteiger partial charge >= 0.3 is 0 Å². The highest BCUT2D eigenvalue weighted by molar-refractivity contribution is 8.03. The molecule has 0 radical (unpaired) electrons. The predicted molar refractivity (Wildman–Crippen MR) is 91.1 cm³/mol. The Morgan fingerprint density at radius 1 is 1.38 bits per heavy atom. The van der Waals surface area contributed by atoms with Crippen LogP contribution in [-0.4, -0.2) is 15.5 Å². The van der Waals surface area contributed by atoms with Crippen LogP contribution in [0.5, 0.6) is 0 Å². The molecule has 0 bridgehead atoms. The first-order valence-corrected chi connectivity index (χ1v) is 9.10. The lowest BCUT2D eigenvalue weighted by molar-refractivity contribution is -0.119. The minimum Gasteiger partial charge on any atom is -0.298 e. The van der Waals surface area contributed by atoms with Crippen molar-refractivity contribution in [3.63, 3.8) is 0 Å². The van der Waals surface area contributed by atoms with E-state index in [0.29, 0.717) is 5.78 Å². The Morgan fingerprint density at radius 2 is 2.24 bits per heavy atom. The van der Waals surface area contributed by atoms with Crippen molar-refractivity contribution in [2.75, 3.05) is 0 Å². The van der Waals surface area contributed by atoms with Gasteiger partial charge < -0.3 is 0 Å². The molecule has 0 aliphatic heterocycles. The Hall–Kier alpha value is -1.13. The van der Waals surface area contributed by atoms with Crippen LogP contribution in [-0.2, 0) is 4.79 Å². The van der Waals surface area contributed by atoms with Gasteiger partial charge in [0.05, 0.1) is 15.0 Å². The van der Waals surface area contributed by atoms with Crippen molar-refractivity contribution in [3.05, 3.63) is 36.4 Å². The topological polar surface area (TPSA) is 30.0 Å². The van der Waals surface area contributed by atoms with E-state index in [4.69, 9.17) is 0 Å². The maximum absolute atomic E-state index is 12.4. The first kappa shape index (κ1) is 14.8. The molecule has 1 saturated carbocycles. The molecule has 1 atom stereocenters. The number of aromatic nitrogens is 1. The predicted octanol–water partition coefficient (Wildman–Crippen LogP) is 5.24. The summed E-state index contributed by atoms with van der Waals surface area (Å²) < 4.78 is 1.94. The van der Waals surface area contributed by atoms with Gasteiger partial charge in [-0.25, -0.2) is 4.98 Å². The van der Waals surface area contributed by atoms with Gasteiger partial charge in [0.1, 0.15) is 5.78 Å². The van der Waals surface area contributed by atoms with Gasteiger partial charge in [0, 0.05) is 6.42 Å². The highest BCUT2D eigenvalue weighted by atomic mass is 32.2. The molecule has 1 aliphatic carbocycles. The van der Waals surface area contributed by atoms with Gasteiger partial charge in [0.15, 0.2) is 4.34 Å². The second-order valence-electron chi connectivity index (χ2n) is 5.40. The first-order valence-electron chi connectivity index (χ1n) is 7.46. The molecule has 1 fully saturated rings. The second-order valence-corrected chi connectivity index (χ2v) is 8.07. The average Bonchev–Trinajstić information content (AvgIpc) is 3.03. The van der Waals surface area contributed by atoms with Crippen LogP contribution in [0.15, 0.2) is 40.8 Å². The fraction of sp³-hybridized carbons (Fsp3) is 0.412. The number of ketones is 1. The minimum atomic E-state index is -0.278. The molecule has 1 aliphatic rings. The normalized spacial score (nSPS) is 22.6. The summed E-state index contributed by atoms with van der Waals surface area (Å²) in [4.78, 5) is 17.1. The molecule has 0 spiro atoms. The monoisotopic (exact) mass is 317 g/mol. The Morgan fingerprint density at radius 3 is 2.95 bits per heavy atom. The third kappa shape index (κ3) is 3.06. The van der Waals surface area contributed by atoms with Crippen LogP contribution in [0.1, 0.15) is 39.0 Å². The summed E-state index contributed by atoms with van der Waals surface area (Å²) in [5.41, 5.74) is 1.04. The number of Topliss-reactive ketones (excluding diaryl/α,β-unsaturated/α-hetero) is 1. The highest BCUT2D eigenvalue weighted by Gasteiger charge is 2.42. The number of rotatable bonds is 5. The molecule has 3 rings (SSSR count). The van der Waals surface area contributed by atoms with Crippen LogP contribution in [0.3, 0.4) is 0 Å². The third-order valence-corrected chi connectivity index (χ3v) is 6.49. The second kappa shape index (κ2) is 6.32. The van der Waals surface area contributed by atoms with Gasteiger partial charge in [-0.15, -0.1) is 11.3 Å². The molecule has 110 valence electrons. The summed E-state index contributed by atoms with van der Waals surface area (Å²) in [7, 11) is 0. The van der Waals surface area contributed by atoms with E-state index < -0.39 is 0 Å². The summed E-state index contributed by atoms with van der Waals surface area (Å²) in [6.45, 7) is 2.13. The van der Waals surface area contributed by atoms with E-state index in [2.05, 4.69) is 30.1 Å². The average molecular weight is 317 g/mol. The molecular formula is C17H19NOS2. The van der Waals surface area contributed by atoms with Crippen molar-refractivity contribution in [1.29, 1.82) is 0 Å². The standard InChI is InChI=1S/C17H19NOS2/c1-2-3-6-11-17(12-7-10-15(17)19)21-16-18-13-8-4-5-9-14(13)20-16/h3-6,8-9H,2,7,10-12H2,1H3/b6-3-. The number of hydrogen-bond acceptors (Lipinski definition) is 4. The number of carbonyl (C=O) groups excluding carboxylic acids is 1. The lowest BCUT2D eigenvalue weighted by Gasteiger charge is -2.23. The van der Waals surface area contributed by atoms with Crippen molar-refractivity contribution in [1.82, 2.24) is 4.98 Å². The molecule has 1 aromatic carbocycles. The van der Waals surface area contributed by atoms with Gasteiger partial charge in [0.2, 0.25) is 0 Å². The van der Waals surface area contributed by atoms with Crippen molar-refractivity contribution in [2.24, 2.45) is 0 Å². The van der Waals surface area contributed by atoms with Crippen LogP contribution in [0.25, 0.3) is 10.2 Å². The maximum Gasteiger partial charge on any atom is 0.152 e. The molecule has 1 heterocycles. The molecule has 1 unspecified atom stereocenters. The molecule has 2 aromatic rings. The maximum atomic E-state index is 12.4. The van der Waals surface area contributed by atoms with Crippen LogP contribution < -0.4 is 0 Å². The number of fused-ring (bicyclic) bond motifs is 1. The van der Waals surface area contributed by atoms with Gasteiger partial charge in [-0.05, 0) is 37.8 Å². The zero-order chi connectivity index (χ0) is 14.7. The Labute approximate surface area is 133 Å². The summed E-state index contributed by atoms with van der Waals surface area (Å²) in [5, 5.41) is 0. The number of allylic oxidation sites excluding steroid dienone is 2. The van der Waals surface area contributed by atoms with Crippen molar-refractivity contribution in [2.45, 2.75) is 48.1 Å².